The molecule has 0 radical (unpaired) electrons. The highest BCUT2D eigenvalue weighted by Gasteiger charge is 2.42. The van der Waals surface area contributed by atoms with Gasteiger partial charge < -0.3 is 10.1 Å². The van der Waals surface area contributed by atoms with Gasteiger partial charge in [0.1, 0.15) is 0 Å². The van der Waals surface area contributed by atoms with Crippen molar-refractivity contribution in [1.29, 1.82) is 0 Å². The van der Waals surface area contributed by atoms with Crippen LogP contribution in [-0.4, -0.2) is 29.6 Å². The van der Waals surface area contributed by atoms with Crippen molar-refractivity contribution in [2.24, 2.45) is 0 Å². The second kappa shape index (κ2) is 5.45. The maximum Gasteiger partial charge on any atom is 0.253 e. The van der Waals surface area contributed by atoms with Crippen LogP contribution in [0.4, 0.5) is 0 Å². The minimum absolute atomic E-state index is 0.00443. The summed E-state index contributed by atoms with van der Waals surface area (Å²) in [5.74, 6) is -0.0934. The lowest BCUT2D eigenvalue weighted by Gasteiger charge is -2.45. The number of amides is 1. The van der Waals surface area contributed by atoms with E-state index in [0.29, 0.717) is 5.56 Å². The van der Waals surface area contributed by atoms with E-state index < -0.39 is 0 Å². The van der Waals surface area contributed by atoms with Gasteiger partial charge in [0.05, 0.1) is 22.7 Å². The Morgan fingerprint density at radius 2 is 2.14 bits per heavy atom. The standard InChI is InChI=1S/C17H20N2O2/c1-12(17(21-2)8-5-9-17)19-16(20)14-10-13-6-3-4-7-15(13)18-11-14/h3-4,6-7,10-12H,5,8-9H2,1-2H3,(H,19,20). The zero-order valence-electron chi connectivity index (χ0n) is 12.4. The molecule has 4 heteroatoms. The van der Waals surface area contributed by atoms with Crippen molar-refractivity contribution in [2.45, 2.75) is 37.8 Å². The summed E-state index contributed by atoms with van der Waals surface area (Å²) in [5, 5.41) is 4.03. The van der Waals surface area contributed by atoms with Crippen LogP contribution in [0, 0.1) is 0 Å². The molecule has 1 heterocycles. The first-order valence-electron chi connectivity index (χ1n) is 7.35. The minimum atomic E-state index is -0.195. The first kappa shape index (κ1) is 14.0. The Morgan fingerprint density at radius 1 is 1.38 bits per heavy atom. The molecule has 4 nitrogen and oxygen atoms in total. The lowest BCUT2D eigenvalue weighted by molar-refractivity contribution is -0.0919. The van der Waals surface area contributed by atoms with E-state index in [1.807, 2.05) is 37.3 Å². The van der Waals surface area contributed by atoms with E-state index in [9.17, 15) is 4.79 Å². The highest BCUT2D eigenvalue weighted by Crippen LogP contribution is 2.38. The third-order valence-corrected chi connectivity index (χ3v) is 4.60. The van der Waals surface area contributed by atoms with Gasteiger partial charge in [0.25, 0.3) is 5.91 Å². The average Bonchev–Trinajstić information content (AvgIpc) is 2.46. The van der Waals surface area contributed by atoms with Gasteiger partial charge >= 0.3 is 0 Å². The maximum absolute atomic E-state index is 12.4. The summed E-state index contributed by atoms with van der Waals surface area (Å²) in [6, 6.07) is 9.66. The second-order valence-corrected chi connectivity index (χ2v) is 5.73. The lowest BCUT2D eigenvalue weighted by Crippen LogP contribution is -2.56. The van der Waals surface area contributed by atoms with Crippen LogP contribution in [0.25, 0.3) is 10.9 Å². The minimum Gasteiger partial charge on any atom is -0.376 e. The maximum atomic E-state index is 12.4. The zero-order chi connectivity index (χ0) is 14.9. The summed E-state index contributed by atoms with van der Waals surface area (Å²) < 4.78 is 5.61. The number of carbonyl (C=O) groups is 1. The highest BCUT2D eigenvalue weighted by atomic mass is 16.5. The molecule has 1 N–H and O–H groups in total. The van der Waals surface area contributed by atoms with E-state index in [2.05, 4.69) is 10.3 Å². The van der Waals surface area contributed by atoms with Crippen molar-refractivity contribution in [2.75, 3.05) is 7.11 Å². The zero-order valence-corrected chi connectivity index (χ0v) is 12.4. The number of carbonyl (C=O) groups excluding carboxylic acids is 1. The van der Waals surface area contributed by atoms with Gasteiger partial charge in [0.15, 0.2) is 0 Å². The molecule has 1 unspecified atom stereocenters. The third kappa shape index (κ3) is 2.51. The Labute approximate surface area is 124 Å². The number of aromatic nitrogens is 1. The molecule has 1 aromatic heterocycles. The van der Waals surface area contributed by atoms with Crippen LogP contribution in [0.3, 0.4) is 0 Å². The van der Waals surface area contributed by atoms with Crippen LogP contribution in [-0.2, 0) is 4.74 Å². The largest absolute Gasteiger partial charge is 0.376 e. The normalized spacial score (nSPS) is 18.0. The fourth-order valence-electron chi connectivity index (χ4n) is 2.95. The Bertz CT molecular complexity index is 659. The van der Waals surface area contributed by atoms with E-state index >= 15 is 0 Å². The summed E-state index contributed by atoms with van der Waals surface area (Å²) in [5.41, 5.74) is 1.29. The van der Waals surface area contributed by atoms with Crippen LogP contribution >= 0.6 is 0 Å². The topological polar surface area (TPSA) is 51.2 Å². The molecular weight excluding hydrogens is 264 g/mol. The molecule has 0 spiro atoms. The van der Waals surface area contributed by atoms with E-state index in [4.69, 9.17) is 4.74 Å². The summed E-state index contributed by atoms with van der Waals surface area (Å²) in [7, 11) is 1.72. The van der Waals surface area contributed by atoms with Gasteiger partial charge in [-0.05, 0) is 38.3 Å². The number of hydrogen-bond acceptors (Lipinski definition) is 3. The van der Waals surface area contributed by atoms with E-state index in [1.54, 1.807) is 13.3 Å². The highest BCUT2D eigenvalue weighted by molar-refractivity contribution is 5.97. The van der Waals surface area contributed by atoms with Crippen molar-refractivity contribution in [1.82, 2.24) is 10.3 Å². The van der Waals surface area contributed by atoms with Gasteiger partial charge in [0.2, 0.25) is 0 Å². The first-order chi connectivity index (χ1) is 10.1. The lowest BCUT2D eigenvalue weighted by atomic mass is 9.75. The molecule has 0 saturated heterocycles. The van der Waals surface area contributed by atoms with Gasteiger partial charge in [-0.15, -0.1) is 0 Å². The number of pyridine rings is 1. The fraction of sp³-hybridized carbons (Fsp3) is 0.412. The number of fused-ring (bicyclic) bond motifs is 1. The van der Waals surface area contributed by atoms with Gasteiger partial charge in [0, 0.05) is 18.7 Å². The molecule has 110 valence electrons. The van der Waals surface area contributed by atoms with Crippen molar-refractivity contribution in [3.05, 3.63) is 42.1 Å². The first-order valence-corrected chi connectivity index (χ1v) is 7.35. The van der Waals surface area contributed by atoms with Crippen LogP contribution in [0.2, 0.25) is 0 Å². The van der Waals surface area contributed by atoms with Crippen molar-refractivity contribution < 1.29 is 9.53 Å². The molecule has 3 rings (SSSR count). The number of ether oxygens (including phenoxy) is 1. The molecular formula is C17H20N2O2. The molecule has 1 aliphatic rings. The van der Waals surface area contributed by atoms with E-state index in [1.165, 1.54) is 0 Å². The molecule has 1 aromatic carbocycles. The molecule has 1 aliphatic carbocycles. The van der Waals surface area contributed by atoms with Crippen LogP contribution in [0.1, 0.15) is 36.5 Å². The number of hydrogen-bond donors (Lipinski definition) is 1. The smallest absolute Gasteiger partial charge is 0.253 e. The molecule has 1 saturated carbocycles. The number of benzene rings is 1. The van der Waals surface area contributed by atoms with Crippen molar-refractivity contribution in [3.63, 3.8) is 0 Å². The predicted octanol–water partition coefficient (Wildman–Crippen LogP) is 2.92. The van der Waals surface area contributed by atoms with Gasteiger partial charge in [-0.3, -0.25) is 9.78 Å². The molecule has 0 aliphatic heterocycles. The number of rotatable bonds is 4. The summed E-state index contributed by atoms with van der Waals surface area (Å²) in [6.45, 7) is 2.01. The third-order valence-electron chi connectivity index (χ3n) is 4.60. The van der Waals surface area contributed by atoms with Gasteiger partial charge in [-0.1, -0.05) is 18.2 Å². The number of para-hydroxylation sites is 1. The Hall–Kier alpha value is -1.94. The van der Waals surface area contributed by atoms with Gasteiger partial charge in [-0.25, -0.2) is 0 Å². The number of nitrogens with zero attached hydrogens (tertiary/aromatic N) is 1. The Kier molecular flexibility index (Phi) is 3.64. The fourth-order valence-corrected chi connectivity index (χ4v) is 2.95. The van der Waals surface area contributed by atoms with Crippen molar-refractivity contribution in [3.8, 4) is 0 Å². The average molecular weight is 284 g/mol. The number of methoxy groups -OCH3 is 1. The predicted molar refractivity (Wildman–Crippen MR) is 82.3 cm³/mol. The second-order valence-electron chi connectivity index (χ2n) is 5.73. The molecule has 1 atom stereocenters. The van der Waals surface area contributed by atoms with Crippen LogP contribution < -0.4 is 5.32 Å². The van der Waals surface area contributed by atoms with Crippen molar-refractivity contribution >= 4 is 16.8 Å². The summed E-state index contributed by atoms with van der Waals surface area (Å²) in [6.07, 6.45) is 4.79. The molecule has 1 amide bonds. The summed E-state index contributed by atoms with van der Waals surface area (Å²) in [4.78, 5) is 16.7. The van der Waals surface area contributed by atoms with Gasteiger partial charge in [-0.2, -0.15) is 0 Å². The molecule has 21 heavy (non-hydrogen) atoms. The monoisotopic (exact) mass is 284 g/mol. The molecule has 1 fully saturated rings. The molecule has 0 bridgehead atoms. The SMILES string of the molecule is COC1(C(C)NC(=O)c2cnc3ccccc3c2)CCC1. The molecule has 2 aromatic rings. The summed E-state index contributed by atoms with van der Waals surface area (Å²) >= 11 is 0. The number of nitrogens with one attached hydrogen (secondary N) is 1. The Morgan fingerprint density at radius 3 is 2.81 bits per heavy atom. The Balaban J connectivity index is 1.77. The van der Waals surface area contributed by atoms with Crippen LogP contribution in [0.15, 0.2) is 36.5 Å². The van der Waals surface area contributed by atoms with Crippen LogP contribution in [0.5, 0.6) is 0 Å². The van der Waals surface area contributed by atoms with E-state index in [0.717, 1.165) is 30.2 Å². The quantitative estimate of drug-likeness (QED) is 0.939. The van der Waals surface area contributed by atoms with E-state index in [-0.39, 0.29) is 17.6 Å².